The fraction of sp³-hybridized carbons (Fsp3) is 0.286. The molecule has 1 amide bonds. The first-order valence-corrected chi connectivity index (χ1v) is 6.97. The highest BCUT2D eigenvalue weighted by atomic mass is 32.1. The predicted octanol–water partition coefficient (Wildman–Crippen LogP) is 3.74. The Hall–Kier alpha value is -1.68. The summed E-state index contributed by atoms with van der Waals surface area (Å²) in [6, 6.07) is 7.78. The highest BCUT2D eigenvalue weighted by Gasteiger charge is 2.06. The van der Waals surface area contributed by atoms with Crippen molar-refractivity contribution in [1.82, 2.24) is 4.98 Å². The van der Waals surface area contributed by atoms with Gasteiger partial charge in [0, 0.05) is 17.1 Å². The molecule has 0 aliphatic heterocycles. The van der Waals surface area contributed by atoms with Gasteiger partial charge in [-0.1, -0.05) is 25.5 Å². The normalized spacial score (nSPS) is 10.3. The fourth-order valence-electron chi connectivity index (χ4n) is 1.66. The molecule has 2 aromatic rings. The summed E-state index contributed by atoms with van der Waals surface area (Å²) < 4.78 is 0. The summed E-state index contributed by atoms with van der Waals surface area (Å²) in [6.07, 6.45) is 5.12. The van der Waals surface area contributed by atoms with Gasteiger partial charge in [0.25, 0.3) is 5.91 Å². The second kappa shape index (κ2) is 6.31. The van der Waals surface area contributed by atoms with Crippen LogP contribution >= 0.6 is 11.3 Å². The van der Waals surface area contributed by atoms with Crippen molar-refractivity contribution in [2.45, 2.75) is 26.2 Å². The zero-order valence-electron chi connectivity index (χ0n) is 10.3. The van der Waals surface area contributed by atoms with Crippen molar-refractivity contribution in [3.05, 3.63) is 47.0 Å². The third-order valence-electron chi connectivity index (χ3n) is 2.69. The van der Waals surface area contributed by atoms with Crippen LogP contribution in [0.3, 0.4) is 0 Å². The van der Waals surface area contributed by atoms with Crippen molar-refractivity contribution in [1.29, 1.82) is 0 Å². The topological polar surface area (TPSA) is 42.0 Å². The maximum atomic E-state index is 11.9. The first-order valence-electron chi connectivity index (χ1n) is 6.09. The van der Waals surface area contributed by atoms with Crippen molar-refractivity contribution in [3.8, 4) is 0 Å². The van der Waals surface area contributed by atoms with Gasteiger partial charge in [-0.2, -0.15) is 0 Å². The quantitative estimate of drug-likeness (QED) is 0.889. The third-order valence-corrected chi connectivity index (χ3v) is 3.38. The summed E-state index contributed by atoms with van der Waals surface area (Å²) in [5.41, 5.74) is 1.95. The highest BCUT2D eigenvalue weighted by molar-refractivity contribution is 7.13. The molecule has 0 unspecified atom stereocenters. The lowest BCUT2D eigenvalue weighted by molar-refractivity contribution is 0.102. The zero-order chi connectivity index (χ0) is 12.8. The van der Waals surface area contributed by atoms with Crippen LogP contribution in [0.2, 0.25) is 0 Å². The van der Waals surface area contributed by atoms with Gasteiger partial charge >= 0.3 is 0 Å². The summed E-state index contributed by atoms with van der Waals surface area (Å²) in [6.45, 7) is 2.18. The number of anilines is 1. The maximum Gasteiger partial charge on any atom is 0.257 e. The van der Waals surface area contributed by atoms with Gasteiger partial charge < -0.3 is 0 Å². The Bertz CT molecular complexity index is 491. The van der Waals surface area contributed by atoms with Crippen molar-refractivity contribution < 1.29 is 4.79 Å². The Morgan fingerprint density at radius 3 is 2.72 bits per heavy atom. The Kier molecular flexibility index (Phi) is 4.47. The van der Waals surface area contributed by atoms with Gasteiger partial charge in [-0.15, -0.1) is 11.3 Å². The minimum Gasteiger partial charge on any atom is -0.298 e. The second-order valence-electron chi connectivity index (χ2n) is 4.09. The van der Waals surface area contributed by atoms with Crippen LogP contribution in [0.25, 0.3) is 0 Å². The summed E-state index contributed by atoms with van der Waals surface area (Å²) in [4.78, 5) is 15.9. The van der Waals surface area contributed by atoms with E-state index in [1.54, 1.807) is 6.20 Å². The van der Waals surface area contributed by atoms with Crippen LogP contribution in [-0.2, 0) is 6.42 Å². The number of aromatic nitrogens is 1. The molecule has 0 radical (unpaired) electrons. The number of benzene rings is 1. The molecule has 0 spiro atoms. The summed E-state index contributed by atoms with van der Waals surface area (Å²) in [7, 11) is 0. The van der Waals surface area contributed by atoms with E-state index >= 15 is 0 Å². The molecule has 1 aromatic carbocycles. The molecular weight excluding hydrogens is 244 g/mol. The Morgan fingerprint density at radius 2 is 2.11 bits per heavy atom. The van der Waals surface area contributed by atoms with E-state index in [1.807, 2.05) is 29.6 Å². The number of hydrogen-bond donors (Lipinski definition) is 1. The van der Waals surface area contributed by atoms with E-state index in [4.69, 9.17) is 0 Å². The molecule has 0 saturated heterocycles. The third kappa shape index (κ3) is 3.40. The van der Waals surface area contributed by atoms with Crippen molar-refractivity contribution in [2.75, 3.05) is 5.32 Å². The van der Waals surface area contributed by atoms with E-state index in [-0.39, 0.29) is 5.91 Å². The Morgan fingerprint density at radius 1 is 1.33 bits per heavy atom. The number of unbranched alkanes of at least 4 members (excludes halogenated alkanes) is 1. The zero-order valence-corrected chi connectivity index (χ0v) is 11.2. The van der Waals surface area contributed by atoms with E-state index in [2.05, 4.69) is 17.2 Å². The molecule has 18 heavy (non-hydrogen) atoms. The molecular formula is C14H16N2OS. The van der Waals surface area contributed by atoms with Gasteiger partial charge in [0.15, 0.2) is 5.13 Å². The first-order chi connectivity index (χ1) is 8.79. The standard InChI is InChI=1S/C14H16N2OS/c1-2-3-4-11-5-7-12(8-6-11)13(17)16-14-15-9-10-18-14/h5-10H,2-4H2,1H3,(H,15,16,17). The lowest BCUT2D eigenvalue weighted by Crippen LogP contribution is -2.11. The van der Waals surface area contributed by atoms with E-state index in [0.29, 0.717) is 10.7 Å². The number of rotatable bonds is 5. The van der Waals surface area contributed by atoms with Crippen LogP contribution in [0.15, 0.2) is 35.8 Å². The highest BCUT2D eigenvalue weighted by Crippen LogP contribution is 2.13. The summed E-state index contributed by atoms with van der Waals surface area (Å²) in [5, 5.41) is 5.24. The number of nitrogens with one attached hydrogen (secondary N) is 1. The lowest BCUT2D eigenvalue weighted by atomic mass is 10.1. The number of carbonyl (C=O) groups excluding carboxylic acids is 1. The van der Waals surface area contributed by atoms with Gasteiger partial charge in [0.1, 0.15) is 0 Å². The number of aryl methyl sites for hydroxylation is 1. The molecule has 0 atom stereocenters. The number of hydrogen-bond acceptors (Lipinski definition) is 3. The van der Waals surface area contributed by atoms with Crippen LogP contribution in [0.1, 0.15) is 35.7 Å². The predicted molar refractivity (Wildman–Crippen MR) is 75.1 cm³/mol. The maximum absolute atomic E-state index is 11.9. The number of thiazole rings is 1. The minimum absolute atomic E-state index is 0.105. The Balaban J connectivity index is 1.98. The van der Waals surface area contributed by atoms with Gasteiger partial charge in [-0.3, -0.25) is 10.1 Å². The van der Waals surface area contributed by atoms with Crippen LogP contribution in [-0.4, -0.2) is 10.9 Å². The van der Waals surface area contributed by atoms with E-state index in [9.17, 15) is 4.79 Å². The first kappa shape index (κ1) is 12.8. The van der Waals surface area contributed by atoms with E-state index in [0.717, 1.165) is 6.42 Å². The fourth-order valence-corrected chi connectivity index (χ4v) is 2.18. The average molecular weight is 260 g/mol. The van der Waals surface area contributed by atoms with Gasteiger partial charge in [0.2, 0.25) is 0 Å². The SMILES string of the molecule is CCCCc1ccc(C(=O)Nc2nccs2)cc1. The smallest absolute Gasteiger partial charge is 0.257 e. The summed E-state index contributed by atoms with van der Waals surface area (Å²) >= 11 is 1.42. The van der Waals surface area contributed by atoms with Crippen molar-refractivity contribution >= 4 is 22.4 Å². The molecule has 3 nitrogen and oxygen atoms in total. The van der Waals surface area contributed by atoms with Crippen LogP contribution in [0, 0.1) is 0 Å². The van der Waals surface area contributed by atoms with Gasteiger partial charge in [0.05, 0.1) is 0 Å². The molecule has 4 heteroatoms. The minimum atomic E-state index is -0.105. The van der Waals surface area contributed by atoms with Crippen LogP contribution < -0.4 is 5.32 Å². The molecule has 0 aliphatic rings. The molecule has 0 aliphatic carbocycles. The molecule has 0 saturated carbocycles. The monoisotopic (exact) mass is 260 g/mol. The van der Waals surface area contributed by atoms with Gasteiger partial charge in [-0.05, 0) is 30.5 Å². The number of carbonyl (C=O) groups is 1. The second-order valence-corrected chi connectivity index (χ2v) is 4.99. The van der Waals surface area contributed by atoms with Crippen molar-refractivity contribution in [2.24, 2.45) is 0 Å². The molecule has 0 bridgehead atoms. The largest absolute Gasteiger partial charge is 0.298 e. The summed E-state index contributed by atoms with van der Waals surface area (Å²) in [5.74, 6) is -0.105. The molecule has 1 aromatic heterocycles. The number of amides is 1. The van der Waals surface area contributed by atoms with Gasteiger partial charge in [-0.25, -0.2) is 4.98 Å². The number of nitrogens with zero attached hydrogens (tertiary/aromatic N) is 1. The molecule has 94 valence electrons. The molecule has 0 fully saturated rings. The molecule has 2 rings (SSSR count). The molecule has 1 N–H and O–H groups in total. The van der Waals surface area contributed by atoms with Crippen LogP contribution in [0.5, 0.6) is 0 Å². The lowest BCUT2D eigenvalue weighted by Gasteiger charge is -2.03. The average Bonchev–Trinajstić information content (AvgIpc) is 2.89. The van der Waals surface area contributed by atoms with E-state index < -0.39 is 0 Å². The Labute approximate surface area is 111 Å². The van der Waals surface area contributed by atoms with Crippen LogP contribution in [0.4, 0.5) is 5.13 Å². The van der Waals surface area contributed by atoms with Crippen molar-refractivity contribution in [3.63, 3.8) is 0 Å². The molecule has 1 heterocycles. The van der Waals surface area contributed by atoms with E-state index in [1.165, 1.54) is 29.7 Å².